The van der Waals surface area contributed by atoms with Crippen LogP contribution in [0.5, 0.6) is 0 Å². The standard InChI is InChI=1S/C9H18O4/c1-2-3-4-13-9(12)5-8(6-10)7-11/h8,10-11H,2-7H2,1H3. The zero-order chi connectivity index (χ0) is 10.1. The molecule has 13 heavy (non-hydrogen) atoms. The van der Waals surface area contributed by atoms with Gasteiger partial charge in [0.2, 0.25) is 0 Å². The first-order valence-electron chi connectivity index (χ1n) is 4.61. The van der Waals surface area contributed by atoms with Crippen molar-refractivity contribution >= 4 is 5.97 Å². The minimum atomic E-state index is -0.380. The van der Waals surface area contributed by atoms with Crippen molar-refractivity contribution in [1.82, 2.24) is 0 Å². The fourth-order valence-electron chi connectivity index (χ4n) is 0.812. The van der Waals surface area contributed by atoms with E-state index in [1.54, 1.807) is 0 Å². The van der Waals surface area contributed by atoms with Gasteiger partial charge in [-0.3, -0.25) is 4.79 Å². The first kappa shape index (κ1) is 12.4. The SMILES string of the molecule is CCCCOC(=O)CC(CO)CO. The molecule has 0 fully saturated rings. The number of rotatable bonds is 7. The van der Waals surface area contributed by atoms with Crippen molar-refractivity contribution in [3.05, 3.63) is 0 Å². The molecule has 0 bridgehead atoms. The second-order valence-corrected chi connectivity index (χ2v) is 3.01. The lowest BCUT2D eigenvalue weighted by atomic mass is 10.1. The Morgan fingerprint density at radius 3 is 2.46 bits per heavy atom. The van der Waals surface area contributed by atoms with Crippen LogP contribution in [-0.4, -0.2) is 36.0 Å². The molecule has 4 heteroatoms. The van der Waals surface area contributed by atoms with E-state index in [2.05, 4.69) is 0 Å². The fourth-order valence-corrected chi connectivity index (χ4v) is 0.812. The average molecular weight is 190 g/mol. The van der Waals surface area contributed by atoms with Gasteiger partial charge in [-0.05, 0) is 6.42 Å². The van der Waals surface area contributed by atoms with Crippen LogP contribution in [0.25, 0.3) is 0 Å². The molecule has 0 heterocycles. The Morgan fingerprint density at radius 1 is 1.38 bits per heavy atom. The van der Waals surface area contributed by atoms with Crippen LogP contribution in [-0.2, 0) is 9.53 Å². The summed E-state index contributed by atoms with van der Waals surface area (Å²) in [5, 5.41) is 17.4. The second-order valence-electron chi connectivity index (χ2n) is 3.01. The summed E-state index contributed by atoms with van der Waals surface area (Å²) in [5.74, 6) is -0.726. The van der Waals surface area contributed by atoms with Crippen LogP contribution >= 0.6 is 0 Å². The Labute approximate surface area is 78.5 Å². The average Bonchev–Trinajstić information content (AvgIpc) is 2.14. The number of aliphatic hydroxyl groups is 2. The Hall–Kier alpha value is -0.610. The first-order chi connectivity index (χ1) is 6.24. The molecule has 0 aliphatic carbocycles. The number of hydrogen-bond acceptors (Lipinski definition) is 4. The summed E-state index contributed by atoms with van der Waals surface area (Å²) in [5.41, 5.74) is 0. The van der Waals surface area contributed by atoms with Gasteiger partial charge in [0, 0.05) is 19.1 Å². The molecule has 78 valence electrons. The van der Waals surface area contributed by atoms with Crippen LogP contribution in [0.2, 0.25) is 0 Å². The number of ether oxygens (including phenoxy) is 1. The predicted octanol–water partition coefficient (Wildman–Crippen LogP) is 0.321. The molecule has 0 aliphatic heterocycles. The number of esters is 1. The molecule has 0 radical (unpaired) electrons. The van der Waals surface area contributed by atoms with Gasteiger partial charge in [0.25, 0.3) is 0 Å². The topological polar surface area (TPSA) is 66.8 Å². The summed E-state index contributed by atoms with van der Waals surface area (Å²) in [6, 6.07) is 0. The van der Waals surface area contributed by atoms with E-state index in [9.17, 15) is 4.79 Å². The fraction of sp³-hybridized carbons (Fsp3) is 0.889. The summed E-state index contributed by atoms with van der Waals surface area (Å²) in [6.07, 6.45) is 1.93. The van der Waals surface area contributed by atoms with Crippen molar-refractivity contribution in [2.75, 3.05) is 19.8 Å². The lowest BCUT2D eigenvalue weighted by molar-refractivity contribution is -0.145. The highest BCUT2D eigenvalue weighted by Gasteiger charge is 2.12. The van der Waals surface area contributed by atoms with Crippen molar-refractivity contribution < 1.29 is 19.7 Å². The Balaban J connectivity index is 3.48. The van der Waals surface area contributed by atoms with Gasteiger partial charge in [-0.25, -0.2) is 0 Å². The van der Waals surface area contributed by atoms with Gasteiger partial charge in [-0.1, -0.05) is 13.3 Å². The third-order valence-corrected chi connectivity index (χ3v) is 1.73. The lowest BCUT2D eigenvalue weighted by Crippen LogP contribution is -2.18. The van der Waals surface area contributed by atoms with Gasteiger partial charge >= 0.3 is 5.97 Å². The van der Waals surface area contributed by atoms with Gasteiger partial charge in [0.05, 0.1) is 13.0 Å². The van der Waals surface area contributed by atoms with Gasteiger partial charge in [-0.2, -0.15) is 0 Å². The van der Waals surface area contributed by atoms with E-state index < -0.39 is 0 Å². The molecular weight excluding hydrogens is 172 g/mol. The molecule has 0 amide bonds. The highest BCUT2D eigenvalue weighted by Crippen LogP contribution is 2.02. The molecular formula is C9H18O4. The molecule has 0 spiro atoms. The maximum absolute atomic E-state index is 11.0. The smallest absolute Gasteiger partial charge is 0.306 e. The zero-order valence-corrected chi connectivity index (χ0v) is 8.03. The lowest BCUT2D eigenvalue weighted by Gasteiger charge is -2.09. The molecule has 4 nitrogen and oxygen atoms in total. The minimum absolute atomic E-state index is 0.0940. The number of carbonyl (C=O) groups is 1. The minimum Gasteiger partial charge on any atom is -0.466 e. The van der Waals surface area contributed by atoms with E-state index in [0.717, 1.165) is 12.8 Å². The van der Waals surface area contributed by atoms with Crippen molar-refractivity contribution in [2.24, 2.45) is 5.92 Å². The Morgan fingerprint density at radius 2 is 2.00 bits per heavy atom. The van der Waals surface area contributed by atoms with Crippen LogP contribution in [0.15, 0.2) is 0 Å². The highest BCUT2D eigenvalue weighted by molar-refractivity contribution is 5.69. The molecule has 0 aliphatic rings. The van der Waals surface area contributed by atoms with E-state index in [-0.39, 0.29) is 31.5 Å². The second kappa shape index (κ2) is 8.01. The van der Waals surface area contributed by atoms with Crippen molar-refractivity contribution in [1.29, 1.82) is 0 Å². The molecule has 0 rings (SSSR count). The molecule has 2 N–H and O–H groups in total. The number of carbonyl (C=O) groups excluding carboxylic acids is 1. The number of aliphatic hydroxyl groups excluding tert-OH is 2. The summed E-state index contributed by atoms with van der Waals surface area (Å²) >= 11 is 0. The molecule has 0 saturated carbocycles. The molecule has 0 atom stereocenters. The van der Waals surface area contributed by atoms with Crippen LogP contribution < -0.4 is 0 Å². The van der Waals surface area contributed by atoms with E-state index in [0.29, 0.717) is 6.61 Å². The van der Waals surface area contributed by atoms with Crippen LogP contribution in [0.4, 0.5) is 0 Å². The number of unbranched alkanes of at least 4 members (excludes halogenated alkanes) is 1. The highest BCUT2D eigenvalue weighted by atomic mass is 16.5. The van der Waals surface area contributed by atoms with Crippen molar-refractivity contribution in [3.63, 3.8) is 0 Å². The predicted molar refractivity (Wildman–Crippen MR) is 48.1 cm³/mol. The molecule has 0 unspecified atom stereocenters. The van der Waals surface area contributed by atoms with Gasteiger partial charge < -0.3 is 14.9 Å². The van der Waals surface area contributed by atoms with Crippen LogP contribution in [0, 0.1) is 5.92 Å². The maximum atomic E-state index is 11.0. The molecule has 0 aromatic heterocycles. The Kier molecular flexibility index (Phi) is 7.63. The van der Waals surface area contributed by atoms with E-state index in [4.69, 9.17) is 14.9 Å². The Bertz CT molecular complexity index is 132. The normalized spacial score (nSPS) is 10.5. The van der Waals surface area contributed by atoms with Crippen LogP contribution in [0.3, 0.4) is 0 Å². The van der Waals surface area contributed by atoms with E-state index in [1.807, 2.05) is 6.92 Å². The third-order valence-electron chi connectivity index (χ3n) is 1.73. The van der Waals surface area contributed by atoms with Gasteiger partial charge in [-0.15, -0.1) is 0 Å². The number of hydrogen-bond donors (Lipinski definition) is 2. The molecule has 0 saturated heterocycles. The van der Waals surface area contributed by atoms with Gasteiger partial charge in [0.1, 0.15) is 0 Å². The van der Waals surface area contributed by atoms with E-state index in [1.165, 1.54) is 0 Å². The van der Waals surface area contributed by atoms with Gasteiger partial charge in [0.15, 0.2) is 0 Å². The van der Waals surface area contributed by atoms with Crippen molar-refractivity contribution in [3.8, 4) is 0 Å². The molecule has 0 aromatic carbocycles. The first-order valence-corrected chi connectivity index (χ1v) is 4.61. The quantitative estimate of drug-likeness (QED) is 0.448. The monoisotopic (exact) mass is 190 g/mol. The van der Waals surface area contributed by atoms with E-state index >= 15 is 0 Å². The summed E-state index contributed by atoms with van der Waals surface area (Å²) < 4.78 is 4.86. The third kappa shape index (κ3) is 6.54. The van der Waals surface area contributed by atoms with Crippen LogP contribution in [0.1, 0.15) is 26.2 Å². The zero-order valence-electron chi connectivity index (χ0n) is 8.03. The molecule has 0 aromatic rings. The largest absolute Gasteiger partial charge is 0.466 e. The maximum Gasteiger partial charge on any atom is 0.306 e. The van der Waals surface area contributed by atoms with Crippen molar-refractivity contribution in [2.45, 2.75) is 26.2 Å². The summed E-state index contributed by atoms with van der Waals surface area (Å²) in [7, 11) is 0. The summed E-state index contributed by atoms with van der Waals surface area (Å²) in [4.78, 5) is 11.0. The summed E-state index contributed by atoms with van der Waals surface area (Å²) in [6.45, 7) is 2.08.